The number of hydrogen-bond acceptors (Lipinski definition) is 3. The fourth-order valence-electron chi connectivity index (χ4n) is 8.09. The first-order valence-electron chi connectivity index (χ1n) is 15.4. The zero-order valence-electron chi connectivity index (χ0n) is 24.2. The Hall–Kier alpha value is -3.12. The highest BCUT2D eigenvalue weighted by atomic mass is 16.2. The number of nitrogens with zero attached hydrogens (tertiary/aromatic N) is 2. The summed E-state index contributed by atoms with van der Waals surface area (Å²) in [6.07, 6.45) is 15.4. The van der Waals surface area contributed by atoms with Gasteiger partial charge in [-0.15, -0.1) is 0 Å². The predicted molar refractivity (Wildman–Crippen MR) is 162 cm³/mol. The quantitative estimate of drug-likeness (QED) is 0.436. The smallest absolute Gasteiger partial charge is 0.248 e. The van der Waals surface area contributed by atoms with Crippen molar-refractivity contribution >= 4 is 28.3 Å². The minimum absolute atomic E-state index is 0.151. The molecule has 0 bridgehead atoms. The van der Waals surface area contributed by atoms with Crippen LogP contribution in [0.15, 0.2) is 48.6 Å². The molecule has 212 valence electrons. The molecule has 3 fully saturated rings. The zero-order chi connectivity index (χ0) is 28.0. The minimum atomic E-state index is -0.491. The van der Waals surface area contributed by atoms with Crippen molar-refractivity contribution in [1.82, 2.24) is 14.8 Å². The number of fused-ring (bicyclic) bond motifs is 4. The van der Waals surface area contributed by atoms with Gasteiger partial charge in [0.25, 0.3) is 0 Å². The van der Waals surface area contributed by atoms with E-state index in [1.165, 1.54) is 59.9 Å². The molecule has 2 aromatic rings. The molecule has 4 aliphatic rings. The second-order valence-corrected chi connectivity index (χ2v) is 12.4. The summed E-state index contributed by atoms with van der Waals surface area (Å²) in [5.41, 5.74) is 11.8. The Morgan fingerprint density at radius 1 is 1.18 bits per heavy atom. The monoisotopic (exact) mass is 540 g/mol. The lowest BCUT2D eigenvalue weighted by molar-refractivity contribution is -0.138. The van der Waals surface area contributed by atoms with Crippen molar-refractivity contribution in [3.05, 3.63) is 65.4 Å². The molecule has 2 saturated carbocycles. The molecule has 6 heteroatoms. The summed E-state index contributed by atoms with van der Waals surface area (Å²) in [5, 5.41) is 4.68. The van der Waals surface area contributed by atoms with E-state index in [9.17, 15) is 9.59 Å². The Kier molecular flexibility index (Phi) is 7.24. The van der Waals surface area contributed by atoms with Crippen molar-refractivity contribution in [2.45, 2.75) is 83.7 Å². The number of likely N-dealkylation sites (tertiary alicyclic amines) is 1. The number of amides is 2. The highest BCUT2D eigenvalue weighted by Crippen LogP contribution is 2.63. The van der Waals surface area contributed by atoms with Crippen molar-refractivity contribution < 1.29 is 9.59 Å². The van der Waals surface area contributed by atoms with Crippen LogP contribution in [-0.2, 0) is 11.3 Å². The van der Waals surface area contributed by atoms with Crippen LogP contribution in [0.1, 0.15) is 92.7 Å². The number of carbonyl (C=O) groups excluding carboxylic acids is 2. The van der Waals surface area contributed by atoms with Gasteiger partial charge in [0.15, 0.2) is 0 Å². The van der Waals surface area contributed by atoms with E-state index in [2.05, 4.69) is 53.4 Å². The maximum atomic E-state index is 14.6. The third-order valence-corrected chi connectivity index (χ3v) is 10.1. The van der Waals surface area contributed by atoms with Crippen LogP contribution in [-0.4, -0.2) is 47.0 Å². The standard InChI is InChI=1S/C34H44N4O2/c1-4-11-26-25(5-2)28-19-34(28,33(40)37-17-10-14-24(37)20-36-6-3)21-38-29-18-23(32(35)39)15-16-27(29)30(31(26)38)22-12-8-7-9-13-22/h4-5,11,15-16,18,22,24,28,36H,2,6-10,12-14,17,19-21H2,1,3H3,(H2,35,39)/b11-4-. The van der Waals surface area contributed by atoms with Gasteiger partial charge in [0.2, 0.25) is 11.8 Å². The van der Waals surface area contributed by atoms with Gasteiger partial charge in [-0.2, -0.15) is 0 Å². The van der Waals surface area contributed by atoms with Crippen molar-refractivity contribution in [3.63, 3.8) is 0 Å². The van der Waals surface area contributed by atoms with Crippen molar-refractivity contribution in [2.75, 3.05) is 19.6 Å². The second kappa shape index (κ2) is 10.7. The molecule has 3 N–H and O–H groups in total. The topological polar surface area (TPSA) is 80.4 Å². The number of primary amides is 1. The molecule has 1 aromatic heterocycles. The first-order chi connectivity index (χ1) is 19.4. The van der Waals surface area contributed by atoms with E-state index in [1.807, 2.05) is 18.2 Å². The van der Waals surface area contributed by atoms with Crippen molar-refractivity contribution in [1.29, 1.82) is 0 Å². The molecule has 0 spiro atoms. The molecular weight excluding hydrogens is 496 g/mol. The van der Waals surface area contributed by atoms with Gasteiger partial charge in [-0.3, -0.25) is 9.59 Å². The SMILES string of the molecule is C=CC1=C(/C=C\C)c2c(C3CCCCC3)c3ccc(C(N)=O)cc3n2CC2(C(=O)N3CCCC3CNCC)CC12. The molecule has 0 radical (unpaired) electrons. The van der Waals surface area contributed by atoms with E-state index in [-0.39, 0.29) is 17.9 Å². The Labute approximate surface area is 238 Å². The number of carbonyl (C=O) groups is 2. The average Bonchev–Trinajstić information content (AvgIpc) is 3.37. The summed E-state index contributed by atoms with van der Waals surface area (Å²) in [4.78, 5) is 29.1. The fourth-order valence-corrected chi connectivity index (χ4v) is 8.09. The van der Waals surface area contributed by atoms with E-state index in [4.69, 9.17) is 5.73 Å². The lowest BCUT2D eigenvalue weighted by Crippen LogP contribution is -2.46. The zero-order valence-corrected chi connectivity index (χ0v) is 24.2. The highest BCUT2D eigenvalue weighted by Gasteiger charge is 2.64. The number of likely N-dealkylation sites (N-methyl/N-ethyl adjacent to an activating group) is 1. The molecule has 3 atom stereocenters. The molecule has 1 saturated heterocycles. The van der Waals surface area contributed by atoms with E-state index < -0.39 is 11.3 Å². The van der Waals surface area contributed by atoms with Crippen LogP contribution in [0.3, 0.4) is 0 Å². The molecule has 40 heavy (non-hydrogen) atoms. The first kappa shape index (κ1) is 27.1. The van der Waals surface area contributed by atoms with Gasteiger partial charge in [0.1, 0.15) is 0 Å². The second-order valence-electron chi connectivity index (χ2n) is 12.4. The number of benzene rings is 1. The summed E-state index contributed by atoms with van der Waals surface area (Å²) < 4.78 is 2.39. The van der Waals surface area contributed by atoms with Crippen LogP contribution in [0.4, 0.5) is 0 Å². The van der Waals surface area contributed by atoms with Crippen LogP contribution < -0.4 is 11.1 Å². The Morgan fingerprint density at radius 2 is 1.98 bits per heavy atom. The summed E-state index contributed by atoms with van der Waals surface area (Å²) in [6, 6.07) is 6.20. The molecule has 2 aliphatic carbocycles. The van der Waals surface area contributed by atoms with E-state index >= 15 is 0 Å². The van der Waals surface area contributed by atoms with Crippen LogP contribution >= 0.6 is 0 Å². The summed E-state index contributed by atoms with van der Waals surface area (Å²) in [6.45, 7) is 11.7. The maximum absolute atomic E-state index is 14.6. The van der Waals surface area contributed by atoms with E-state index in [0.29, 0.717) is 18.0 Å². The van der Waals surface area contributed by atoms with Gasteiger partial charge in [0.05, 0.1) is 11.1 Å². The molecule has 3 unspecified atom stereocenters. The van der Waals surface area contributed by atoms with Crippen LogP contribution in [0.2, 0.25) is 0 Å². The lowest BCUT2D eigenvalue weighted by Gasteiger charge is -2.30. The van der Waals surface area contributed by atoms with Gasteiger partial charge in [-0.05, 0) is 74.8 Å². The van der Waals surface area contributed by atoms with Gasteiger partial charge >= 0.3 is 0 Å². The van der Waals surface area contributed by atoms with Crippen LogP contribution in [0.25, 0.3) is 16.5 Å². The molecular formula is C34H44N4O2. The number of nitrogens with two attached hydrogens (primary N) is 1. The van der Waals surface area contributed by atoms with E-state index in [0.717, 1.165) is 44.4 Å². The van der Waals surface area contributed by atoms with Gasteiger partial charge in [-0.25, -0.2) is 0 Å². The van der Waals surface area contributed by atoms with Crippen molar-refractivity contribution in [2.24, 2.45) is 17.1 Å². The fraction of sp³-hybridized carbons (Fsp3) is 0.529. The van der Waals surface area contributed by atoms with Gasteiger partial charge in [0, 0.05) is 53.6 Å². The predicted octanol–water partition coefficient (Wildman–Crippen LogP) is 5.92. The molecule has 2 aliphatic heterocycles. The molecule has 1 aromatic carbocycles. The van der Waals surface area contributed by atoms with Gasteiger partial charge in [-0.1, -0.05) is 57.1 Å². The number of nitrogens with one attached hydrogen (secondary N) is 1. The number of allylic oxidation sites excluding steroid dienone is 5. The Balaban J connectivity index is 1.56. The summed E-state index contributed by atoms with van der Waals surface area (Å²) >= 11 is 0. The molecule has 6 rings (SSSR count). The van der Waals surface area contributed by atoms with E-state index in [1.54, 1.807) is 0 Å². The number of rotatable bonds is 8. The lowest BCUT2D eigenvalue weighted by atomic mass is 9.81. The van der Waals surface area contributed by atoms with Crippen LogP contribution in [0.5, 0.6) is 0 Å². The number of hydrogen-bond donors (Lipinski definition) is 2. The van der Waals surface area contributed by atoms with Crippen LogP contribution in [0, 0.1) is 11.3 Å². The maximum Gasteiger partial charge on any atom is 0.248 e. The molecule has 3 heterocycles. The third kappa shape index (κ3) is 4.27. The van der Waals surface area contributed by atoms with Crippen molar-refractivity contribution in [3.8, 4) is 0 Å². The summed E-state index contributed by atoms with van der Waals surface area (Å²) in [7, 11) is 0. The Morgan fingerprint density at radius 3 is 2.67 bits per heavy atom. The normalized spacial score (nSPS) is 26.7. The number of aromatic nitrogens is 1. The average molecular weight is 541 g/mol. The third-order valence-electron chi connectivity index (χ3n) is 10.1. The minimum Gasteiger partial charge on any atom is -0.366 e. The van der Waals surface area contributed by atoms with Gasteiger partial charge < -0.3 is 20.5 Å². The molecule has 6 nitrogen and oxygen atoms in total. The Bertz CT molecular complexity index is 1410. The highest BCUT2D eigenvalue weighted by molar-refractivity contribution is 6.01. The largest absolute Gasteiger partial charge is 0.366 e. The summed E-state index contributed by atoms with van der Waals surface area (Å²) in [5.74, 6) is 0.483. The molecule has 2 amide bonds. The first-order valence-corrected chi connectivity index (χ1v) is 15.4.